The molecule has 0 heterocycles. The van der Waals surface area contributed by atoms with Crippen LogP contribution in [0.15, 0.2) is 0 Å². The fourth-order valence-corrected chi connectivity index (χ4v) is 0.808. The molecular weight excluding hydrogens is 136 g/mol. The molecule has 1 aliphatic rings. The van der Waals surface area contributed by atoms with Crippen LogP contribution in [0.5, 0.6) is 0 Å². The maximum atomic E-state index is 10.5. The highest BCUT2D eigenvalue weighted by molar-refractivity contribution is 5.92. The molecule has 0 bridgehead atoms. The molecule has 1 rings (SSSR count). The number of carbonyl (C=O) groups is 2. The Hall–Kier alpha value is -0.740. The zero-order valence-electron chi connectivity index (χ0n) is 5.64. The van der Waals surface area contributed by atoms with Crippen molar-refractivity contribution in [1.82, 2.24) is 0 Å². The molecule has 1 aliphatic carbocycles. The maximum absolute atomic E-state index is 10.5. The van der Waals surface area contributed by atoms with E-state index in [9.17, 15) is 9.59 Å². The number of carbonyl (C=O) groups excluding carboxylic acids is 2. The van der Waals surface area contributed by atoms with Crippen molar-refractivity contribution < 1.29 is 20.5 Å². The molecule has 4 nitrogen and oxygen atoms in total. The molecule has 0 radical (unpaired) electrons. The van der Waals surface area contributed by atoms with E-state index in [1.807, 2.05) is 0 Å². The molecule has 0 unspecified atom stereocenters. The summed E-state index contributed by atoms with van der Waals surface area (Å²) in [5.74, 6) is 0.481. The summed E-state index contributed by atoms with van der Waals surface area (Å²) in [7, 11) is 0. The van der Waals surface area contributed by atoms with Crippen molar-refractivity contribution in [2.45, 2.75) is 25.7 Å². The van der Waals surface area contributed by atoms with E-state index in [-0.39, 0.29) is 22.5 Å². The van der Waals surface area contributed by atoms with E-state index in [0.29, 0.717) is 25.7 Å². The number of hydrogen-bond acceptors (Lipinski definition) is 2. The molecule has 1 saturated carbocycles. The minimum atomic E-state index is 0. The van der Waals surface area contributed by atoms with Crippen LogP contribution >= 0.6 is 0 Å². The minimum absolute atomic E-state index is 0. The Kier molecular flexibility index (Phi) is 6.09. The van der Waals surface area contributed by atoms with Gasteiger partial charge >= 0.3 is 0 Å². The Labute approximate surface area is 58.8 Å². The van der Waals surface area contributed by atoms with Crippen molar-refractivity contribution in [2.24, 2.45) is 0 Å². The van der Waals surface area contributed by atoms with Crippen LogP contribution in [0.1, 0.15) is 25.7 Å². The molecule has 4 heteroatoms. The first-order valence-corrected chi connectivity index (χ1v) is 2.82. The smallest absolute Gasteiger partial charge is 0.133 e. The van der Waals surface area contributed by atoms with Crippen molar-refractivity contribution in [3.05, 3.63) is 0 Å². The Morgan fingerprint density at radius 3 is 1.10 bits per heavy atom. The molecule has 0 aromatic rings. The molecule has 0 aromatic heterocycles. The summed E-state index contributed by atoms with van der Waals surface area (Å²) in [5.41, 5.74) is 0. The number of hydrogen-bond donors (Lipinski definition) is 0. The molecule has 0 atom stereocenters. The van der Waals surface area contributed by atoms with Gasteiger partial charge in [-0.3, -0.25) is 9.59 Å². The van der Waals surface area contributed by atoms with Crippen LogP contribution in [-0.2, 0) is 9.59 Å². The standard InChI is InChI=1S/C6H8O2.2H2O/c7-5-1-2-6(8)4-3-5;;/h1-4H2;2*1H2. The molecule has 0 aromatic carbocycles. The largest absolute Gasteiger partial charge is 0.412 e. The first-order valence-electron chi connectivity index (χ1n) is 2.82. The van der Waals surface area contributed by atoms with E-state index >= 15 is 0 Å². The highest BCUT2D eigenvalue weighted by atomic mass is 16.1. The third-order valence-electron chi connectivity index (χ3n) is 1.37. The summed E-state index contributed by atoms with van der Waals surface area (Å²) < 4.78 is 0. The van der Waals surface area contributed by atoms with Gasteiger partial charge in [-0.05, 0) is 0 Å². The molecular formula is C6H12O4. The topological polar surface area (TPSA) is 97.1 Å². The molecule has 10 heavy (non-hydrogen) atoms. The summed E-state index contributed by atoms with van der Waals surface area (Å²) in [6.45, 7) is 0. The number of rotatable bonds is 0. The maximum Gasteiger partial charge on any atom is 0.133 e. The van der Waals surface area contributed by atoms with Gasteiger partial charge in [0, 0.05) is 25.7 Å². The van der Waals surface area contributed by atoms with Crippen molar-refractivity contribution in [3.63, 3.8) is 0 Å². The lowest BCUT2D eigenvalue weighted by Gasteiger charge is -2.04. The van der Waals surface area contributed by atoms with E-state index in [0.717, 1.165) is 0 Å². The molecule has 0 aliphatic heterocycles. The van der Waals surface area contributed by atoms with Gasteiger partial charge in [0.05, 0.1) is 0 Å². The van der Waals surface area contributed by atoms with Crippen molar-refractivity contribution in [3.8, 4) is 0 Å². The lowest BCUT2D eigenvalue weighted by molar-refractivity contribution is -0.128. The average molecular weight is 148 g/mol. The van der Waals surface area contributed by atoms with E-state index in [2.05, 4.69) is 0 Å². The summed E-state index contributed by atoms with van der Waals surface area (Å²) >= 11 is 0. The van der Waals surface area contributed by atoms with Crippen molar-refractivity contribution in [1.29, 1.82) is 0 Å². The molecule has 0 spiro atoms. The van der Waals surface area contributed by atoms with Crippen molar-refractivity contribution in [2.75, 3.05) is 0 Å². The van der Waals surface area contributed by atoms with Crippen LogP contribution in [0, 0.1) is 0 Å². The first-order chi connectivity index (χ1) is 3.79. The third-order valence-corrected chi connectivity index (χ3v) is 1.37. The van der Waals surface area contributed by atoms with Gasteiger partial charge in [-0.2, -0.15) is 0 Å². The second kappa shape index (κ2) is 5.08. The van der Waals surface area contributed by atoms with Crippen LogP contribution in [0.3, 0.4) is 0 Å². The molecule has 4 N–H and O–H groups in total. The zero-order chi connectivity index (χ0) is 5.98. The van der Waals surface area contributed by atoms with Crippen LogP contribution in [-0.4, -0.2) is 22.5 Å². The second-order valence-electron chi connectivity index (χ2n) is 2.08. The summed E-state index contributed by atoms with van der Waals surface area (Å²) in [5, 5.41) is 0. The van der Waals surface area contributed by atoms with Gasteiger partial charge in [0.1, 0.15) is 11.6 Å². The monoisotopic (exact) mass is 148 g/mol. The van der Waals surface area contributed by atoms with Gasteiger partial charge in [0.25, 0.3) is 0 Å². The van der Waals surface area contributed by atoms with Gasteiger partial charge in [-0.15, -0.1) is 0 Å². The molecule has 60 valence electrons. The zero-order valence-corrected chi connectivity index (χ0v) is 5.64. The van der Waals surface area contributed by atoms with Crippen LogP contribution in [0.2, 0.25) is 0 Å². The summed E-state index contributed by atoms with van der Waals surface area (Å²) in [6.07, 6.45) is 1.94. The Bertz CT molecular complexity index is 102. The normalized spacial score (nSPS) is 17.2. The Morgan fingerprint density at radius 2 is 0.900 bits per heavy atom. The Morgan fingerprint density at radius 1 is 0.700 bits per heavy atom. The summed E-state index contributed by atoms with van der Waals surface area (Å²) in [6, 6.07) is 0. The third kappa shape index (κ3) is 3.32. The predicted molar refractivity (Wildman–Crippen MR) is 35.7 cm³/mol. The molecule has 0 amide bonds. The lowest BCUT2D eigenvalue weighted by atomic mass is 9.98. The SMILES string of the molecule is O.O.O=C1CCC(=O)CC1. The van der Waals surface area contributed by atoms with Crippen LogP contribution < -0.4 is 0 Å². The van der Waals surface area contributed by atoms with E-state index in [4.69, 9.17) is 0 Å². The fourth-order valence-electron chi connectivity index (χ4n) is 0.808. The van der Waals surface area contributed by atoms with E-state index in [1.54, 1.807) is 0 Å². The quantitative estimate of drug-likeness (QED) is 0.442. The van der Waals surface area contributed by atoms with Gasteiger partial charge in [-0.25, -0.2) is 0 Å². The molecule has 0 saturated heterocycles. The van der Waals surface area contributed by atoms with Gasteiger partial charge < -0.3 is 11.0 Å². The molecule has 1 fully saturated rings. The average Bonchev–Trinajstić information content (AvgIpc) is 1.77. The second-order valence-corrected chi connectivity index (χ2v) is 2.08. The van der Waals surface area contributed by atoms with Crippen LogP contribution in [0.25, 0.3) is 0 Å². The lowest BCUT2D eigenvalue weighted by Crippen LogP contribution is -2.12. The highest BCUT2D eigenvalue weighted by Crippen LogP contribution is 2.08. The number of Topliss-reactive ketones (excluding diaryl/α,β-unsaturated/α-hetero) is 2. The minimum Gasteiger partial charge on any atom is -0.412 e. The predicted octanol–water partition coefficient (Wildman–Crippen LogP) is -0.951. The number of ketones is 2. The van der Waals surface area contributed by atoms with Gasteiger partial charge in [0.15, 0.2) is 0 Å². The van der Waals surface area contributed by atoms with Gasteiger partial charge in [0.2, 0.25) is 0 Å². The van der Waals surface area contributed by atoms with E-state index in [1.165, 1.54) is 0 Å². The van der Waals surface area contributed by atoms with Crippen molar-refractivity contribution >= 4 is 11.6 Å². The Balaban J connectivity index is 0. The summed E-state index contributed by atoms with van der Waals surface area (Å²) in [4.78, 5) is 20.9. The fraction of sp³-hybridized carbons (Fsp3) is 0.667. The van der Waals surface area contributed by atoms with Gasteiger partial charge in [-0.1, -0.05) is 0 Å². The van der Waals surface area contributed by atoms with E-state index < -0.39 is 0 Å². The highest BCUT2D eigenvalue weighted by Gasteiger charge is 2.13. The van der Waals surface area contributed by atoms with Crippen LogP contribution in [0.4, 0.5) is 0 Å². The first kappa shape index (κ1) is 12.0.